The Balaban J connectivity index is 1.40. The normalized spacial score (nSPS) is 28.8. The molecule has 17 nitrogen and oxygen atoms in total. The molecule has 0 radical (unpaired) electrons. The first-order valence-corrected chi connectivity index (χ1v) is 17.6. The molecule has 3 amide bonds. The van der Waals surface area contributed by atoms with Crippen LogP contribution in [0.1, 0.15) is 75.3 Å². The molecule has 52 heavy (non-hydrogen) atoms. The van der Waals surface area contributed by atoms with Crippen molar-refractivity contribution >= 4 is 46.8 Å². The number of benzene rings is 2. The number of nitrogens with one attached hydrogen (secondary N) is 1. The van der Waals surface area contributed by atoms with Crippen molar-refractivity contribution in [3.05, 3.63) is 51.6 Å². The molecule has 18 heteroatoms. The van der Waals surface area contributed by atoms with Gasteiger partial charge in [0.15, 0.2) is 12.1 Å². The molecule has 0 spiro atoms. The number of aliphatic hydroxyl groups excluding tert-OH is 2. The number of aliphatic hydroxyl groups is 3. The van der Waals surface area contributed by atoms with Crippen LogP contribution in [0.4, 0.5) is 0 Å². The number of imide groups is 1. The van der Waals surface area contributed by atoms with E-state index in [1.165, 1.54) is 37.1 Å². The standard InChI is InChI=1S/C34H38N4O13S/c1-13-28(42)16(35)7-23(50-13)51-18-10-34(48,20(12-39)36-37-21(40)11-38-22(41)8-19(52-3)33(38)47)9-15-25(18)32(46)27-26(30(15)44)29(43)14-5-4-6-17(49-2)24(14)31(27)45/h4-6,13,16,18-19,23,28,39,42,44,46,48H,7-12,35H2,1-3H3,(H,37,40)/b36-20+/t13?,16?,18-,19?,23?,28?,34-/m0/s1. The van der Waals surface area contributed by atoms with E-state index >= 15 is 0 Å². The smallest absolute Gasteiger partial charge is 0.260 e. The number of hydrogen-bond acceptors (Lipinski definition) is 16. The van der Waals surface area contributed by atoms with E-state index in [0.717, 1.165) is 4.90 Å². The lowest BCUT2D eigenvalue weighted by Crippen LogP contribution is -2.53. The van der Waals surface area contributed by atoms with Crippen molar-refractivity contribution in [3.63, 3.8) is 0 Å². The van der Waals surface area contributed by atoms with Gasteiger partial charge in [0.25, 0.3) is 5.91 Å². The molecular weight excluding hydrogens is 704 g/mol. The summed E-state index contributed by atoms with van der Waals surface area (Å²) < 4.78 is 17.3. The highest BCUT2D eigenvalue weighted by Crippen LogP contribution is 2.52. The summed E-state index contributed by atoms with van der Waals surface area (Å²) in [5.41, 5.74) is 3.92. The van der Waals surface area contributed by atoms with Gasteiger partial charge in [-0.05, 0) is 19.2 Å². The Morgan fingerprint density at radius 3 is 2.50 bits per heavy atom. The fourth-order valence-electron chi connectivity index (χ4n) is 7.21. The van der Waals surface area contributed by atoms with Crippen LogP contribution in [0.5, 0.6) is 17.2 Å². The van der Waals surface area contributed by atoms with Crippen molar-refractivity contribution in [2.75, 3.05) is 26.5 Å². The van der Waals surface area contributed by atoms with Gasteiger partial charge in [-0.1, -0.05) is 12.1 Å². The van der Waals surface area contributed by atoms with Gasteiger partial charge in [0.05, 0.1) is 59.7 Å². The first kappa shape index (κ1) is 37.3. The number of nitrogens with two attached hydrogens (primary N) is 1. The summed E-state index contributed by atoms with van der Waals surface area (Å²) in [4.78, 5) is 66.2. The van der Waals surface area contributed by atoms with Crippen molar-refractivity contribution in [2.24, 2.45) is 10.8 Å². The number of ether oxygens (including phenoxy) is 3. The Hall–Kier alpha value is -4.43. The number of fused-ring (bicyclic) bond motifs is 3. The van der Waals surface area contributed by atoms with Gasteiger partial charge in [-0.3, -0.25) is 28.9 Å². The summed E-state index contributed by atoms with van der Waals surface area (Å²) in [6, 6.07) is 3.51. The molecule has 0 bridgehead atoms. The number of nitrogens with zero attached hydrogens (tertiary/aromatic N) is 2. The number of ketones is 2. The van der Waals surface area contributed by atoms with Crippen LogP contribution in [0.3, 0.4) is 0 Å². The van der Waals surface area contributed by atoms with E-state index in [0.29, 0.717) is 0 Å². The maximum atomic E-state index is 13.9. The predicted octanol–water partition coefficient (Wildman–Crippen LogP) is -0.605. The quantitative estimate of drug-likeness (QED) is 0.0624. The van der Waals surface area contributed by atoms with Crippen molar-refractivity contribution in [1.29, 1.82) is 0 Å². The molecular formula is C34H38N4O13S. The fourth-order valence-corrected chi connectivity index (χ4v) is 7.85. The molecule has 2 fully saturated rings. The summed E-state index contributed by atoms with van der Waals surface area (Å²) >= 11 is 1.17. The lowest BCUT2D eigenvalue weighted by molar-refractivity contribution is -0.245. The number of rotatable bonds is 9. The highest BCUT2D eigenvalue weighted by atomic mass is 32.2. The van der Waals surface area contributed by atoms with E-state index in [1.807, 2.05) is 0 Å². The number of amides is 3. The van der Waals surface area contributed by atoms with Gasteiger partial charge in [-0.2, -0.15) is 16.9 Å². The zero-order chi connectivity index (χ0) is 37.8. The first-order chi connectivity index (χ1) is 24.6. The SMILES string of the molecule is COc1cccc2c1C(=O)c1c(O)c3c(c(O)c1C2=O)C[C@@](O)(/C(CO)=N/NC(=O)CN1C(=O)CC(SC)C1=O)C[C@@H]3OC1CC(N)C(O)C(C)O1. The molecule has 7 atom stereocenters. The predicted molar refractivity (Wildman–Crippen MR) is 181 cm³/mol. The van der Waals surface area contributed by atoms with Gasteiger partial charge in [0.1, 0.15) is 29.4 Å². The third-order valence-corrected chi connectivity index (χ3v) is 10.9. The van der Waals surface area contributed by atoms with E-state index in [1.54, 1.807) is 13.2 Å². The van der Waals surface area contributed by atoms with Gasteiger partial charge >= 0.3 is 0 Å². The summed E-state index contributed by atoms with van der Waals surface area (Å²) in [6.07, 6.45) is -3.96. The third kappa shape index (κ3) is 6.23. The monoisotopic (exact) mass is 742 g/mol. The summed E-state index contributed by atoms with van der Waals surface area (Å²) in [6.45, 7) is -0.0641. The Morgan fingerprint density at radius 2 is 1.87 bits per heavy atom. The maximum Gasteiger partial charge on any atom is 0.260 e. The van der Waals surface area contributed by atoms with E-state index in [2.05, 4.69) is 10.5 Å². The average Bonchev–Trinajstić information content (AvgIpc) is 3.38. The minimum absolute atomic E-state index is 0.0439. The first-order valence-electron chi connectivity index (χ1n) is 16.3. The Labute approximate surface area is 300 Å². The molecule has 0 saturated carbocycles. The van der Waals surface area contributed by atoms with Crippen molar-refractivity contribution < 1.29 is 63.7 Å². The van der Waals surface area contributed by atoms with Gasteiger partial charge < -0.3 is 45.5 Å². The molecule has 0 aromatic heterocycles. The number of phenols is 2. The van der Waals surface area contributed by atoms with Crippen LogP contribution in [0.15, 0.2) is 23.3 Å². The molecule has 2 aliphatic carbocycles. The largest absolute Gasteiger partial charge is 0.507 e. The number of hydrogen-bond donors (Lipinski definition) is 7. The lowest BCUT2D eigenvalue weighted by atomic mass is 9.71. The van der Waals surface area contributed by atoms with Crippen molar-refractivity contribution in [3.8, 4) is 17.2 Å². The molecule has 2 aromatic carbocycles. The molecule has 2 aromatic rings. The Kier molecular flexibility index (Phi) is 10.2. The van der Waals surface area contributed by atoms with Crippen LogP contribution in [-0.2, 0) is 30.3 Å². The van der Waals surface area contributed by atoms with Crippen LogP contribution < -0.4 is 15.9 Å². The van der Waals surface area contributed by atoms with Crippen molar-refractivity contribution in [1.82, 2.24) is 10.3 Å². The van der Waals surface area contributed by atoms with Gasteiger partial charge in [-0.25, -0.2) is 5.43 Å². The van der Waals surface area contributed by atoms with Crippen LogP contribution in [0.2, 0.25) is 0 Å². The van der Waals surface area contributed by atoms with E-state index in [4.69, 9.17) is 19.9 Å². The van der Waals surface area contributed by atoms with E-state index in [9.17, 15) is 49.5 Å². The van der Waals surface area contributed by atoms with E-state index in [-0.39, 0.29) is 40.8 Å². The molecule has 4 aliphatic rings. The van der Waals surface area contributed by atoms with Gasteiger partial charge in [0, 0.05) is 48.4 Å². The minimum Gasteiger partial charge on any atom is -0.507 e. The second-order valence-corrected chi connectivity index (χ2v) is 14.1. The number of likely N-dealkylation sites (tertiary alicyclic amines) is 1. The highest BCUT2D eigenvalue weighted by Gasteiger charge is 2.50. The zero-order valence-corrected chi connectivity index (χ0v) is 29.1. The Bertz CT molecular complexity index is 1890. The molecule has 2 heterocycles. The van der Waals surface area contributed by atoms with Gasteiger partial charge in [0.2, 0.25) is 17.6 Å². The van der Waals surface area contributed by atoms with E-state index < -0.39 is 125 Å². The summed E-state index contributed by atoms with van der Waals surface area (Å²) in [5.74, 6) is -5.03. The van der Waals surface area contributed by atoms with Crippen LogP contribution >= 0.6 is 11.8 Å². The zero-order valence-electron chi connectivity index (χ0n) is 28.3. The van der Waals surface area contributed by atoms with Gasteiger partial charge in [-0.15, -0.1) is 0 Å². The molecule has 2 aliphatic heterocycles. The number of phenolic OH excluding ortho intramolecular Hbond substituents is 2. The summed E-state index contributed by atoms with van der Waals surface area (Å²) in [7, 11) is 1.31. The second kappa shape index (κ2) is 14.2. The number of carbonyl (C=O) groups is 5. The van der Waals surface area contributed by atoms with Crippen LogP contribution in [0.25, 0.3) is 0 Å². The number of methoxy groups -OCH3 is 1. The average molecular weight is 743 g/mol. The molecule has 278 valence electrons. The lowest BCUT2D eigenvalue weighted by Gasteiger charge is -2.43. The number of thioether (sulfide) groups is 1. The number of carbonyl (C=O) groups excluding carboxylic acids is 5. The molecule has 2 saturated heterocycles. The third-order valence-electron chi connectivity index (χ3n) is 9.93. The van der Waals surface area contributed by atoms with Crippen LogP contribution in [0, 0.1) is 0 Å². The summed E-state index contributed by atoms with van der Waals surface area (Å²) in [5, 5.41) is 59.7. The topological polar surface area (TPSA) is 268 Å². The van der Waals surface area contributed by atoms with Crippen LogP contribution in [-0.4, -0.2) is 127 Å². The number of aromatic hydroxyl groups is 2. The Morgan fingerprint density at radius 1 is 1.15 bits per heavy atom. The molecule has 8 N–H and O–H groups in total. The maximum absolute atomic E-state index is 13.9. The minimum atomic E-state index is -2.24. The number of hydrazone groups is 1. The molecule has 5 unspecified atom stereocenters. The second-order valence-electron chi connectivity index (χ2n) is 13.1. The molecule has 6 rings (SSSR count). The fraction of sp³-hybridized carbons (Fsp3) is 0.471. The highest BCUT2D eigenvalue weighted by molar-refractivity contribution is 8.00. The van der Waals surface area contributed by atoms with Crippen molar-refractivity contribution in [2.45, 2.75) is 74.1 Å².